The second kappa shape index (κ2) is 9.12. The van der Waals surface area contributed by atoms with Crippen molar-refractivity contribution in [3.8, 4) is 0 Å². The van der Waals surface area contributed by atoms with E-state index in [1.165, 1.54) is 11.6 Å². The number of nitrogens with one attached hydrogen (secondary N) is 2. The number of para-hydroxylation sites is 1. The molecule has 2 heterocycles. The number of benzene rings is 2. The zero-order valence-corrected chi connectivity index (χ0v) is 18.9. The first-order valence-corrected chi connectivity index (χ1v) is 12.3. The number of carboxylic acid groups (broad SMARTS) is 1. The predicted molar refractivity (Wildman–Crippen MR) is 128 cm³/mol. The number of fused-ring (bicyclic) bond motifs is 1. The van der Waals surface area contributed by atoms with Crippen molar-refractivity contribution < 1.29 is 18.3 Å². The molecule has 1 atom stereocenters. The summed E-state index contributed by atoms with van der Waals surface area (Å²) in [6, 6.07) is 17.4. The van der Waals surface area contributed by atoms with E-state index in [2.05, 4.69) is 9.71 Å². The van der Waals surface area contributed by atoms with Gasteiger partial charge in [0.15, 0.2) is 0 Å². The van der Waals surface area contributed by atoms with Crippen molar-refractivity contribution in [2.24, 2.45) is 0 Å². The van der Waals surface area contributed by atoms with Gasteiger partial charge >= 0.3 is 5.97 Å². The highest BCUT2D eigenvalue weighted by molar-refractivity contribution is 7.91. The van der Waals surface area contributed by atoms with Gasteiger partial charge in [-0.2, -0.15) is 4.72 Å². The highest BCUT2D eigenvalue weighted by Crippen LogP contribution is 2.25. The van der Waals surface area contributed by atoms with E-state index in [4.69, 9.17) is 0 Å². The molecule has 32 heavy (non-hydrogen) atoms. The number of aliphatic carboxylic acids is 1. The zero-order valence-electron chi connectivity index (χ0n) is 17.3. The SMILES string of the molecule is Cc1ccc(C=Cc2ccc(S(=O)(=O)N[C@@H](Cc3c[nH]c4ccccc34)C(=O)O)s2)cc1. The molecule has 8 heteroatoms. The molecule has 4 aromatic rings. The predicted octanol–water partition coefficient (Wildman–Crippen LogP) is 4.68. The molecule has 0 amide bonds. The van der Waals surface area contributed by atoms with Crippen LogP contribution in [0, 0.1) is 6.92 Å². The highest BCUT2D eigenvalue weighted by Gasteiger charge is 2.27. The van der Waals surface area contributed by atoms with Crippen LogP contribution in [0.15, 0.2) is 71.1 Å². The molecular weight excluding hydrogens is 444 g/mol. The Balaban J connectivity index is 1.50. The summed E-state index contributed by atoms with van der Waals surface area (Å²) < 4.78 is 28.2. The molecule has 0 saturated heterocycles. The van der Waals surface area contributed by atoms with Crippen LogP contribution in [0.1, 0.15) is 21.6 Å². The highest BCUT2D eigenvalue weighted by atomic mass is 32.2. The molecular formula is C24H22N2O4S2. The molecule has 2 aromatic heterocycles. The maximum atomic E-state index is 12.9. The zero-order chi connectivity index (χ0) is 22.7. The number of hydrogen-bond donors (Lipinski definition) is 3. The fourth-order valence-corrected chi connectivity index (χ4v) is 5.80. The van der Waals surface area contributed by atoms with Crippen LogP contribution in [0.3, 0.4) is 0 Å². The molecule has 164 valence electrons. The summed E-state index contributed by atoms with van der Waals surface area (Å²) >= 11 is 1.09. The van der Waals surface area contributed by atoms with Gasteiger partial charge in [-0.25, -0.2) is 8.42 Å². The van der Waals surface area contributed by atoms with Gasteiger partial charge in [-0.1, -0.05) is 54.1 Å². The van der Waals surface area contributed by atoms with Crippen LogP contribution in [0.4, 0.5) is 0 Å². The van der Waals surface area contributed by atoms with E-state index >= 15 is 0 Å². The van der Waals surface area contributed by atoms with E-state index in [1.54, 1.807) is 12.3 Å². The number of rotatable bonds is 8. The Hall–Kier alpha value is -3.20. The summed E-state index contributed by atoms with van der Waals surface area (Å²) in [5, 5.41) is 10.5. The third kappa shape index (κ3) is 4.99. The van der Waals surface area contributed by atoms with Gasteiger partial charge < -0.3 is 10.1 Å². The Labute approximate surface area is 190 Å². The van der Waals surface area contributed by atoms with Crippen LogP contribution < -0.4 is 4.72 Å². The summed E-state index contributed by atoms with van der Waals surface area (Å²) in [4.78, 5) is 15.7. The normalized spacial score (nSPS) is 13.0. The van der Waals surface area contributed by atoms with Gasteiger partial charge in [-0.15, -0.1) is 11.3 Å². The number of aromatic amines is 1. The number of aromatic nitrogens is 1. The standard InChI is InChI=1S/C24H22N2O4S2/c1-16-6-8-17(9-7-16)10-11-19-12-13-23(31-19)32(29,30)26-22(24(27)28)14-18-15-25-21-5-3-2-4-20(18)21/h2-13,15,22,25-26H,14H2,1H3,(H,27,28)/t22-/m0/s1. The van der Waals surface area contributed by atoms with E-state index < -0.39 is 22.0 Å². The lowest BCUT2D eigenvalue weighted by Gasteiger charge is -2.13. The van der Waals surface area contributed by atoms with Gasteiger partial charge in [0.2, 0.25) is 0 Å². The minimum atomic E-state index is -3.99. The summed E-state index contributed by atoms with van der Waals surface area (Å²) in [5.74, 6) is -1.23. The average Bonchev–Trinajstić information content (AvgIpc) is 3.41. The smallest absolute Gasteiger partial charge is 0.322 e. The monoisotopic (exact) mass is 466 g/mol. The van der Waals surface area contributed by atoms with Crippen LogP contribution >= 0.6 is 11.3 Å². The number of carboxylic acids is 1. The van der Waals surface area contributed by atoms with E-state index in [9.17, 15) is 18.3 Å². The molecule has 0 aliphatic carbocycles. The van der Waals surface area contributed by atoms with Gasteiger partial charge in [-0.3, -0.25) is 4.79 Å². The number of aryl methyl sites for hydroxylation is 1. The fourth-order valence-electron chi connectivity index (χ4n) is 3.37. The maximum Gasteiger partial charge on any atom is 0.322 e. The second-order valence-electron chi connectivity index (χ2n) is 7.48. The Morgan fingerprint density at radius 3 is 2.59 bits per heavy atom. The molecule has 0 bridgehead atoms. The quantitative estimate of drug-likeness (QED) is 0.351. The van der Waals surface area contributed by atoms with Crippen LogP contribution in [0.2, 0.25) is 0 Å². The number of hydrogen-bond acceptors (Lipinski definition) is 4. The first-order chi connectivity index (χ1) is 15.3. The molecule has 0 radical (unpaired) electrons. The lowest BCUT2D eigenvalue weighted by Crippen LogP contribution is -2.41. The van der Waals surface area contributed by atoms with Crippen molar-refractivity contribution in [3.05, 3.63) is 88.4 Å². The lowest BCUT2D eigenvalue weighted by molar-refractivity contribution is -0.138. The fraction of sp³-hybridized carbons (Fsp3) is 0.125. The Bertz CT molecular complexity index is 1380. The lowest BCUT2D eigenvalue weighted by atomic mass is 10.1. The van der Waals surface area contributed by atoms with Crippen LogP contribution in [0.5, 0.6) is 0 Å². The van der Waals surface area contributed by atoms with Gasteiger partial charge in [0.25, 0.3) is 10.0 Å². The molecule has 0 unspecified atom stereocenters. The number of thiophene rings is 1. The first kappa shape index (κ1) is 22.0. The third-order valence-electron chi connectivity index (χ3n) is 5.08. The molecule has 0 aliphatic rings. The number of sulfonamides is 1. The minimum absolute atomic E-state index is 0.0319. The van der Waals surface area contributed by atoms with E-state index in [0.29, 0.717) is 0 Å². The van der Waals surface area contributed by atoms with E-state index in [-0.39, 0.29) is 10.6 Å². The topological polar surface area (TPSA) is 99.3 Å². The summed E-state index contributed by atoms with van der Waals surface area (Å²) in [5.41, 5.74) is 3.79. The third-order valence-corrected chi connectivity index (χ3v) is 8.09. The molecule has 4 rings (SSSR count). The van der Waals surface area contributed by atoms with Crippen LogP contribution in [-0.4, -0.2) is 30.5 Å². The van der Waals surface area contributed by atoms with Crippen molar-refractivity contribution in [2.75, 3.05) is 0 Å². The Kier molecular flexibility index (Phi) is 6.27. The molecule has 6 nitrogen and oxygen atoms in total. The number of carbonyl (C=O) groups is 1. The molecule has 0 fully saturated rings. The Morgan fingerprint density at radius 2 is 1.84 bits per heavy atom. The number of H-pyrrole nitrogens is 1. The Morgan fingerprint density at radius 1 is 1.09 bits per heavy atom. The average molecular weight is 467 g/mol. The van der Waals surface area contributed by atoms with Crippen molar-refractivity contribution in [1.82, 2.24) is 9.71 Å². The van der Waals surface area contributed by atoms with Crippen molar-refractivity contribution in [1.29, 1.82) is 0 Å². The minimum Gasteiger partial charge on any atom is -0.480 e. The largest absolute Gasteiger partial charge is 0.480 e. The summed E-state index contributed by atoms with van der Waals surface area (Å²) in [6.45, 7) is 2.01. The maximum absolute atomic E-state index is 12.9. The second-order valence-corrected chi connectivity index (χ2v) is 10.5. The summed E-state index contributed by atoms with van der Waals surface area (Å²) in [6.07, 6.45) is 5.50. The van der Waals surface area contributed by atoms with Crippen molar-refractivity contribution >= 4 is 50.4 Å². The molecule has 0 saturated carbocycles. The van der Waals surface area contributed by atoms with E-state index in [1.807, 2.05) is 67.6 Å². The molecule has 2 aromatic carbocycles. The van der Waals surface area contributed by atoms with E-state index in [0.717, 1.165) is 38.2 Å². The molecule has 0 aliphatic heterocycles. The van der Waals surface area contributed by atoms with Gasteiger partial charge in [0, 0.05) is 28.4 Å². The van der Waals surface area contributed by atoms with Gasteiger partial charge in [0.05, 0.1) is 0 Å². The first-order valence-electron chi connectivity index (χ1n) is 9.96. The molecule has 0 spiro atoms. The molecule has 3 N–H and O–H groups in total. The van der Waals surface area contributed by atoms with Gasteiger partial charge in [0.1, 0.15) is 10.3 Å². The van der Waals surface area contributed by atoms with Crippen LogP contribution in [0.25, 0.3) is 23.1 Å². The van der Waals surface area contributed by atoms with Crippen molar-refractivity contribution in [2.45, 2.75) is 23.6 Å². The van der Waals surface area contributed by atoms with Crippen LogP contribution in [-0.2, 0) is 21.2 Å². The van der Waals surface area contributed by atoms with Crippen molar-refractivity contribution in [3.63, 3.8) is 0 Å². The van der Waals surface area contributed by atoms with Gasteiger partial charge in [-0.05, 0) is 42.3 Å². The summed E-state index contributed by atoms with van der Waals surface area (Å²) in [7, 11) is -3.99.